The molecular formula is C23H44O5. The van der Waals surface area contributed by atoms with E-state index in [0.29, 0.717) is 12.8 Å². The molecule has 0 rings (SSSR count). The van der Waals surface area contributed by atoms with Crippen LogP contribution in [0.2, 0.25) is 0 Å². The van der Waals surface area contributed by atoms with Crippen LogP contribution in [0.3, 0.4) is 0 Å². The van der Waals surface area contributed by atoms with Gasteiger partial charge in [-0.1, -0.05) is 70.4 Å². The average Bonchev–Trinajstić information content (AvgIpc) is 2.71. The molecule has 3 N–H and O–H groups in total. The first-order valence-electron chi connectivity index (χ1n) is 11.4. The summed E-state index contributed by atoms with van der Waals surface area (Å²) in [6, 6.07) is 0. The largest absolute Gasteiger partial charge is 0.463 e. The molecule has 166 valence electrons. The maximum atomic E-state index is 12.0. The molecule has 0 spiro atoms. The summed E-state index contributed by atoms with van der Waals surface area (Å²) in [5, 5.41) is 27.1. The third-order valence-corrected chi connectivity index (χ3v) is 5.00. The van der Waals surface area contributed by atoms with Gasteiger partial charge in [-0.25, -0.2) is 0 Å². The second kappa shape index (κ2) is 20.8. The van der Waals surface area contributed by atoms with Crippen molar-refractivity contribution >= 4 is 5.97 Å². The molecule has 0 aliphatic rings. The Labute approximate surface area is 172 Å². The van der Waals surface area contributed by atoms with Crippen molar-refractivity contribution in [2.75, 3.05) is 19.8 Å². The molecule has 0 aromatic carbocycles. The zero-order valence-electron chi connectivity index (χ0n) is 18.0. The van der Waals surface area contributed by atoms with Crippen LogP contribution in [0.1, 0.15) is 96.8 Å². The number of carbonyl (C=O) groups excluding carboxylic acids is 1. The van der Waals surface area contributed by atoms with E-state index >= 15 is 0 Å². The van der Waals surface area contributed by atoms with Crippen molar-refractivity contribution < 1.29 is 24.9 Å². The monoisotopic (exact) mass is 400 g/mol. The van der Waals surface area contributed by atoms with E-state index in [9.17, 15) is 9.90 Å². The van der Waals surface area contributed by atoms with Crippen molar-refractivity contribution in [2.24, 2.45) is 5.92 Å². The minimum atomic E-state index is -1.03. The summed E-state index contributed by atoms with van der Waals surface area (Å²) in [6.45, 7) is 1.58. The molecule has 0 saturated heterocycles. The van der Waals surface area contributed by atoms with Crippen LogP contribution in [-0.2, 0) is 9.53 Å². The quantitative estimate of drug-likeness (QED) is 0.159. The zero-order chi connectivity index (χ0) is 20.9. The van der Waals surface area contributed by atoms with Gasteiger partial charge in [-0.05, 0) is 38.5 Å². The van der Waals surface area contributed by atoms with Crippen LogP contribution in [-0.4, -0.2) is 47.2 Å². The standard InChI is InChI=1S/C23H44O5/c1-2-3-4-5-6-7-8-9-10-11-12-13-14-15-16-21(17-18-24)23(27)28-20-22(26)19-25/h9-10,21-22,24-26H,2-8,11-20H2,1H3. The fraction of sp³-hybridized carbons (Fsp3) is 0.870. The molecule has 5 nitrogen and oxygen atoms in total. The Morgan fingerprint density at radius 2 is 1.43 bits per heavy atom. The van der Waals surface area contributed by atoms with Gasteiger partial charge >= 0.3 is 5.97 Å². The van der Waals surface area contributed by atoms with E-state index in [1.165, 1.54) is 51.4 Å². The molecule has 0 aromatic heterocycles. The summed E-state index contributed by atoms with van der Waals surface area (Å²) in [5.41, 5.74) is 0. The number of aliphatic hydroxyl groups is 3. The van der Waals surface area contributed by atoms with E-state index in [4.69, 9.17) is 14.9 Å². The van der Waals surface area contributed by atoms with Crippen LogP contribution in [0.15, 0.2) is 12.2 Å². The lowest BCUT2D eigenvalue weighted by molar-refractivity contribution is -0.153. The highest BCUT2D eigenvalue weighted by Gasteiger charge is 2.20. The Bertz CT molecular complexity index is 370. The molecule has 0 heterocycles. The lowest BCUT2D eigenvalue weighted by Crippen LogP contribution is -2.26. The van der Waals surface area contributed by atoms with Gasteiger partial charge in [-0.15, -0.1) is 0 Å². The summed E-state index contributed by atoms with van der Waals surface area (Å²) < 4.78 is 5.01. The number of hydrogen-bond acceptors (Lipinski definition) is 5. The van der Waals surface area contributed by atoms with Gasteiger partial charge in [-0.2, -0.15) is 0 Å². The van der Waals surface area contributed by atoms with Gasteiger partial charge < -0.3 is 20.1 Å². The third kappa shape index (κ3) is 17.2. The Hall–Kier alpha value is -0.910. The number of ether oxygens (including phenoxy) is 1. The molecule has 28 heavy (non-hydrogen) atoms. The molecule has 0 amide bonds. The van der Waals surface area contributed by atoms with Crippen LogP contribution in [0, 0.1) is 5.92 Å². The number of unbranched alkanes of at least 4 members (excludes halogenated alkanes) is 10. The Balaban J connectivity index is 3.64. The van der Waals surface area contributed by atoms with E-state index in [1.807, 2.05) is 0 Å². The number of rotatable bonds is 20. The highest BCUT2D eigenvalue weighted by molar-refractivity contribution is 5.72. The summed E-state index contributed by atoms with van der Waals surface area (Å²) in [6.07, 6.45) is 19.4. The normalized spacial score (nSPS) is 13.7. The molecular weight excluding hydrogens is 356 g/mol. The van der Waals surface area contributed by atoms with Gasteiger partial charge in [0.1, 0.15) is 12.7 Å². The number of aliphatic hydroxyl groups excluding tert-OH is 3. The predicted molar refractivity (Wildman–Crippen MR) is 114 cm³/mol. The third-order valence-electron chi connectivity index (χ3n) is 5.00. The van der Waals surface area contributed by atoms with Crippen molar-refractivity contribution in [1.29, 1.82) is 0 Å². The summed E-state index contributed by atoms with van der Waals surface area (Å²) >= 11 is 0. The fourth-order valence-electron chi connectivity index (χ4n) is 3.17. The molecule has 0 saturated carbocycles. The van der Waals surface area contributed by atoms with Gasteiger partial charge in [0.15, 0.2) is 0 Å². The smallest absolute Gasteiger partial charge is 0.309 e. The molecule has 0 aromatic rings. The van der Waals surface area contributed by atoms with Crippen molar-refractivity contribution in [3.63, 3.8) is 0 Å². The molecule has 2 atom stereocenters. The van der Waals surface area contributed by atoms with E-state index in [0.717, 1.165) is 25.7 Å². The minimum absolute atomic E-state index is 0.0499. The first-order valence-corrected chi connectivity index (χ1v) is 11.4. The van der Waals surface area contributed by atoms with Crippen molar-refractivity contribution in [2.45, 2.75) is 103 Å². The van der Waals surface area contributed by atoms with Crippen molar-refractivity contribution in [3.05, 3.63) is 12.2 Å². The van der Waals surface area contributed by atoms with Crippen molar-refractivity contribution in [3.8, 4) is 0 Å². The number of carbonyl (C=O) groups is 1. The molecule has 0 aliphatic carbocycles. The van der Waals surface area contributed by atoms with Crippen LogP contribution >= 0.6 is 0 Å². The first-order chi connectivity index (χ1) is 13.7. The Morgan fingerprint density at radius 1 is 0.857 bits per heavy atom. The number of hydrogen-bond donors (Lipinski definition) is 3. The lowest BCUT2D eigenvalue weighted by atomic mass is 9.97. The number of allylic oxidation sites excluding steroid dienone is 2. The van der Waals surface area contributed by atoms with E-state index < -0.39 is 12.7 Å². The van der Waals surface area contributed by atoms with Crippen molar-refractivity contribution in [1.82, 2.24) is 0 Å². The minimum Gasteiger partial charge on any atom is -0.463 e. The Kier molecular flexibility index (Phi) is 20.1. The molecule has 2 unspecified atom stereocenters. The molecule has 0 radical (unpaired) electrons. The second-order valence-corrected chi connectivity index (χ2v) is 7.70. The highest BCUT2D eigenvalue weighted by atomic mass is 16.5. The highest BCUT2D eigenvalue weighted by Crippen LogP contribution is 2.17. The zero-order valence-corrected chi connectivity index (χ0v) is 18.0. The number of esters is 1. The van der Waals surface area contributed by atoms with Crippen LogP contribution in [0.4, 0.5) is 0 Å². The maximum Gasteiger partial charge on any atom is 0.309 e. The first kappa shape index (κ1) is 27.1. The second-order valence-electron chi connectivity index (χ2n) is 7.70. The lowest BCUT2D eigenvalue weighted by Gasteiger charge is -2.16. The average molecular weight is 401 g/mol. The van der Waals surface area contributed by atoms with E-state index in [-0.39, 0.29) is 25.1 Å². The SMILES string of the molecule is CCCCCCCCC=CCCCCCCC(CCO)C(=O)OCC(O)CO. The van der Waals surface area contributed by atoms with E-state index in [2.05, 4.69) is 19.1 Å². The van der Waals surface area contributed by atoms with Crippen LogP contribution in [0.5, 0.6) is 0 Å². The van der Waals surface area contributed by atoms with Gasteiger partial charge in [0.2, 0.25) is 0 Å². The fourth-order valence-corrected chi connectivity index (χ4v) is 3.17. The summed E-state index contributed by atoms with van der Waals surface area (Å²) in [5.74, 6) is -0.715. The van der Waals surface area contributed by atoms with Crippen LogP contribution in [0.25, 0.3) is 0 Å². The molecule has 5 heteroatoms. The Morgan fingerprint density at radius 3 is 2.00 bits per heavy atom. The summed E-state index contributed by atoms with van der Waals surface area (Å²) in [7, 11) is 0. The molecule has 0 aliphatic heterocycles. The predicted octanol–water partition coefficient (Wildman–Crippen LogP) is 4.53. The van der Waals surface area contributed by atoms with Gasteiger partial charge in [0.25, 0.3) is 0 Å². The topological polar surface area (TPSA) is 87.0 Å². The van der Waals surface area contributed by atoms with Gasteiger partial charge in [0, 0.05) is 6.61 Å². The maximum absolute atomic E-state index is 12.0. The van der Waals surface area contributed by atoms with E-state index in [1.54, 1.807) is 0 Å². The van der Waals surface area contributed by atoms with Gasteiger partial charge in [0.05, 0.1) is 12.5 Å². The van der Waals surface area contributed by atoms with Crippen LogP contribution < -0.4 is 0 Å². The van der Waals surface area contributed by atoms with Gasteiger partial charge in [-0.3, -0.25) is 4.79 Å². The molecule has 0 bridgehead atoms. The molecule has 0 fully saturated rings. The summed E-state index contributed by atoms with van der Waals surface area (Å²) in [4.78, 5) is 12.0.